The summed E-state index contributed by atoms with van der Waals surface area (Å²) < 4.78 is 34.9. The molecule has 2 aromatic heterocycles. The van der Waals surface area contributed by atoms with Crippen LogP contribution in [-0.2, 0) is 19.5 Å². The van der Waals surface area contributed by atoms with E-state index in [4.69, 9.17) is 9.81 Å². The first-order chi connectivity index (χ1) is 19.2. The van der Waals surface area contributed by atoms with Crippen LogP contribution in [0.5, 0.6) is 0 Å². The van der Waals surface area contributed by atoms with Gasteiger partial charge in [0.25, 0.3) is 16.1 Å². The molecule has 0 aliphatic rings. The molecule has 0 amide bonds. The highest BCUT2D eigenvalue weighted by atomic mass is 32.2. The second-order valence-corrected chi connectivity index (χ2v) is 9.81. The molecule has 40 heavy (non-hydrogen) atoms. The number of nitrogens with one attached hydrogen (secondary N) is 5. The minimum Gasteiger partial charge on any atom is -0.353 e. The minimum absolute atomic E-state index is 0.0250. The molecule has 0 radical (unpaired) electrons. The predicted molar refractivity (Wildman–Crippen MR) is 146 cm³/mol. The lowest BCUT2D eigenvalue weighted by atomic mass is 10.1. The second-order valence-electron chi connectivity index (χ2n) is 7.54. The maximum absolute atomic E-state index is 12.0. The zero-order valence-electron chi connectivity index (χ0n) is 20.1. The van der Waals surface area contributed by atoms with E-state index in [-0.39, 0.29) is 36.1 Å². The van der Waals surface area contributed by atoms with Crippen molar-refractivity contribution in [3.8, 4) is 0 Å². The van der Waals surface area contributed by atoms with Gasteiger partial charge in [0.05, 0.1) is 11.5 Å². The van der Waals surface area contributed by atoms with Gasteiger partial charge in [-0.05, 0) is 12.1 Å². The molecule has 2 heterocycles. The van der Waals surface area contributed by atoms with Crippen LogP contribution in [0.1, 0.15) is 0 Å². The van der Waals surface area contributed by atoms with Crippen molar-refractivity contribution in [1.29, 1.82) is 0 Å². The molecular weight excluding hydrogens is 572 g/mol. The molecule has 0 atom stereocenters. The fraction of sp³-hybridized carbons (Fsp3) is 0.150. The molecule has 7 N–H and O–H groups in total. The summed E-state index contributed by atoms with van der Waals surface area (Å²) in [6.07, 6.45) is 1.35. The number of hydrogen-bond donors (Lipinski definition) is 7. The Bertz CT molecular complexity index is 1750. The lowest BCUT2D eigenvalue weighted by Gasteiger charge is -2.13. The Morgan fingerprint density at radius 1 is 0.950 bits per heavy atom. The number of nitrogens with zero attached hydrogens (tertiary/aromatic N) is 5. The van der Waals surface area contributed by atoms with E-state index in [2.05, 4.69) is 60.2 Å². The van der Waals surface area contributed by atoms with E-state index in [0.717, 1.165) is 12.0 Å². The quantitative estimate of drug-likeness (QED) is 0.0288. The average Bonchev–Trinajstić information content (AvgIpc) is 2.88. The molecule has 0 unspecified atom stereocenters. The highest BCUT2D eigenvalue weighted by Crippen LogP contribution is 2.31. The number of aliphatic imine (C=N–C) groups is 1. The number of rotatable bonds is 13. The van der Waals surface area contributed by atoms with Gasteiger partial charge in [-0.3, -0.25) is 14.5 Å². The SMILES string of the molecule is O=c1nc(/N=C\CSOOO)nc(Nc2cccc3c(Nc4nc(NCCS(=O)(=O)O)nc(=O)[nH]4)cccc23)[nH]1. The van der Waals surface area contributed by atoms with Gasteiger partial charge in [-0.2, -0.15) is 28.4 Å². The summed E-state index contributed by atoms with van der Waals surface area (Å²) in [5.41, 5.74) is -0.317. The Morgan fingerprint density at radius 3 is 2.20 bits per heavy atom. The van der Waals surface area contributed by atoms with E-state index in [1.165, 1.54) is 6.21 Å². The van der Waals surface area contributed by atoms with Crippen molar-refractivity contribution in [3.05, 3.63) is 57.4 Å². The molecule has 4 aromatic rings. The number of aromatic amines is 2. The smallest absolute Gasteiger partial charge is 0.351 e. The topological polar surface area (TPSA) is 259 Å². The molecule has 0 fully saturated rings. The minimum atomic E-state index is -4.20. The van der Waals surface area contributed by atoms with Crippen molar-refractivity contribution in [2.45, 2.75) is 0 Å². The molecule has 0 saturated carbocycles. The molecule has 2 aromatic carbocycles. The van der Waals surface area contributed by atoms with Gasteiger partial charge in [-0.1, -0.05) is 29.3 Å². The normalized spacial score (nSPS) is 11.7. The second kappa shape index (κ2) is 13.1. The van der Waals surface area contributed by atoms with Crippen molar-refractivity contribution < 1.29 is 27.6 Å². The molecular formula is C20H20N10O8S2. The van der Waals surface area contributed by atoms with Crippen molar-refractivity contribution in [3.63, 3.8) is 0 Å². The largest absolute Gasteiger partial charge is 0.353 e. The Morgan fingerprint density at radius 2 is 1.57 bits per heavy atom. The standard InChI is InChI=1S/C20H20N10O8S2/c31-19-27-15(21-7-9-39-38-37-33)25-17(29-19)23-13-5-1-4-12-11(13)3-2-6-14(12)24-18-26-16(28-20(32)30-18)22-8-10-40(34,35)36/h1-7,33H,8-10H2,(H,34,35,36)(H2,23,25,27,29,31)(H3,22,24,26,28,30,32)/b21-7-. The van der Waals surface area contributed by atoms with Crippen LogP contribution < -0.4 is 27.3 Å². The first kappa shape index (κ1) is 28.5. The third-order valence-corrected chi connectivity index (χ3v) is 5.95. The van der Waals surface area contributed by atoms with Crippen LogP contribution in [0.4, 0.5) is 35.2 Å². The van der Waals surface area contributed by atoms with Crippen LogP contribution in [0, 0.1) is 0 Å². The fourth-order valence-corrected chi connectivity index (χ4v) is 3.88. The van der Waals surface area contributed by atoms with Gasteiger partial charge in [-0.15, -0.1) is 4.33 Å². The first-order valence-corrected chi connectivity index (χ1v) is 13.6. The van der Waals surface area contributed by atoms with E-state index in [9.17, 15) is 18.0 Å². The molecule has 0 saturated heterocycles. The zero-order valence-corrected chi connectivity index (χ0v) is 21.7. The number of aromatic nitrogens is 6. The number of H-pyrrole nitrogens is 2. The number of hydrogen-bond acceptors (Lipinski definition) is 16. The molecule has 20 heteroatoms. The molecule has 210 valence electrons. The summed E-state index contributed by atoms with van der Waals surface area (Å²) in [4.78, 5) is 48.5. The maximum atomic E-state index is 12.0. The van der Waals surface area contributed by atoms with E-state index >= 15 is 0 Å². The van der Waals surface area contributed by atoms with E-state index in [0.29, 0.717) is 22.1 Å². The molecule has 0 bridgehead atoms. The highest BCUT2D eigenvalue weighted by Gasteiger charge is 2.11. The average molecular weight is 593 g/mol. The van der Waals surface area contributed by atoms with E-state index in [1.54, 1.807) is 24.3 Å². The van der Waals surface area contributed by atoms with Gasteiger partial charge in [0.2, 0.25) is 17.8 Å². The van der Waals surface area contributed by atoms with Gasteiger partial charge in [0, 0.05) is 46.9 Å². The monoisotopic (exact) mass is 592 g/mol. The van der Waals surface area contributed by atoms with Crippen LogP contribution >= 0.6 is 12.0 Å². The maximum Gasteiger partial charge on any atom is 0.351 e. The van der Waals surface area contributed by atoms with Gasteiger partial charge < -0.3 is 16.0 Å². The van der Waals surface area contributed by atoms with E-state index in [1.807, 2.05) is 12.1 Å². The molecule has 0 spiro atoms. The summed E-state index contributed by atoms with van der Waals surface area (Å²) in [6.45, 7) is -0.213. The van der Waals surface area contributed by atoms with Crippen LogP contribution in [0.25, 0.3) is 10.8 Å². The summed E-state index contributed by atoms with van der Waals surface area (Å²) in [7, 11) is -4.20. The molecule has 0 aliphatic heterocycles. The van der Waals surface area contributed by atoms with Crippen molar-refractivity contribution >= 4 is 74.3 Å². The highest BCUT2D eigenvalue weighted by molar-refractivity contribution is 7.95. The zero-order chi connectivity index (χ0) is 28.5. The van der Waals surface area contributed by atoms with Crippen molar-refractivity contribution in [1.82, 2.24) is 29.9 Å². The van der Waals surface area contributed by atoms with Crippen LogP contribution in [0.15, 0.2) is 51.0 Å². The summed E-state index contributed by atoms with van der Waals surface area (Å²) in [5, 5.41) is 21.6. The summed E-state index contributed by atoms with van der Waals surface area (Å²) in [6, 6.07) is 10.6. The number of benzene rings is 2. The fourth-order valence-electron chi connectivity index (χ4n) is 3.29. The van der Waals surface area contributed by atoms with Crippen LogP contribution in [0.2, 0.25) is 0 Å². The molecule has 18 nitrogen and oxygen atoms in total. The third kappa shape index (κ3) is 8.26. The Labute approximate surface area is 228 Å². The third-order valence-electron chi connectivity index (χ3n) is 4.79. The Hall–Kier alpha value is -4.47. The summed E-state index contributed by atoms with van der Waals surface area (Å²) in [5.74, 6) is -0.578. The molecule has 4 rings (SSSR count). The number of fused-ring (bicyclic) bond motifs is 1. The van der Waals surface area contributed by atoms with E-state index < -0.39 is 27.3 Å². The Balaban J connectivity index is 1.56. The van der Waals surface area contributed by atoms with Gasteiger partial charge in [0.1, 0.15) is 0 Å². The Kier molecular flexibility index (Phi) is 9.31. The predicted octanol–water partition coefficient (Wildman–Crippen LogP) is 1.35. The van der Waals surface area contributed by atoms with Crippen LogP contribution in [0.3, 0.4) is 0 Å². The van der Waals surface area contributed by atoms with Crippen LogP contribution in [-0.4, -0.2) is 72.4 Å². The first-order valence-electron chi connectivity index (χ1n) is 11.0. The van der Waals surface area contributed by atoms with Gasteiger partial charge >= 0.3 is 11.4 Å². The van der Waals surface area contributed by atoms with Gasteiger partial charge in [0.15, 0.2) is 0 Å². The van der Waals surface area contributed by atoms with Crippen molar-refractivity contribution in [2.75, 3.05) is 34.0 Å². The van der Waals surface area contributed by atoms with Gasteiger partial charge in [-0.25, -0.2) is 19.8 Å². The van der Waals surface area contributed by atoms with Crippen molar-refractivity contribution in [2.24, 2.45) is 4.99 Å². The number of anilines is 5. The lowest BCUT2D eigenvalue weighted by Crippen LogP contribution is -2.21. The lowest BCUT2D eigenvalue weighted by molar-refractivity contribution is -0.432. The molecule has 0 aliphatic carbocycles. The summed E-state index contributed by atoms with van der Waals surface area (Å²) >= 11 is 0.746.